The summed E-state index contributed by atoms with van der Waals surface area (Å²) < 4.78 is 0. The van der Waals surface area contributed by atoms with Crippen molar-refractivity contribution in [3.05, 3.63) is 33.9 Å². The van der Waals surface area contributed by atoms with E-state index in [-0.39, 0.29) is 6.54 Å². The van der Waals surface area contributed by atoms with Gasteiger partial charge >= 0.3 is 0 Å². The van der Waals surface area contributed by atoms with Crippen LogP contribution in [0, 0.1) is 10.1 Å². The lowest BCUT2D eigenvalue weighted by Crippen LogP contribution is -2.02. The third-order valence-electron chi connectivity index (χ3n) is 1.47. The van der Waals surface area contributed by atoms with Gasteiger partial charge in [-0.2, -0.15) is 0 Å². The second kappa shape index (κ2) is 3.08. The molecule has 1 rings (SSSR count). The van der Waals surface area contributed by atoms with E-state index in [0.29, 0.717) is 16.9 Å². The van der Waals surface area contributed by atoms with Crippen LogP contribution in [0.4, 0.5) is 11.4 Å². The molecule has 12 heavy (non-hydrogen) atoms. The highest BCUT2D eigenvalue weighted by molar-refractivity contribution is 5.56. The first kappa shape index (κ1) is 8.32. The first-order valence-electron chi connectivity index (χ1n) is 3.35. The molecular weight excluding hydrogens is 158 g/mol. The number of nitrogens with zero attached hydrogens (tertiary/aromatic N) is 1. The fraction of sp³-hybridized carbons (Fsp3) is 0.143. The van der Waals surface area contributed by atoms with Crippen molar-refractivity contribution in [2.24, 2.45) is 0 Å². The van der Waals surface area contributed by atoms with Gasteiger partial charge in [-0.15, -0.1) is 0 Å². The Morgan fingerprint density at radius 3 is 2.58 bits per heavy atom. The molecule has 5 heteroatoms. The fourth-order valence-electron chi connectivity index (χ4n) is 0.896. The Bertz CT molecular complexity index is 312. The van der Waals surface area contributed by atoms with Crippen LogP contribution in [0.1, 0.15) is 5.56 Å². The first-order chi connectivity index (χ1) is 5.59. The summed E-state index contributed by atoms with van der Waals surface area (Å²) >= 11 is 0. The van der Waals surface area contributed by atoms with Crippen molar-refractivity contribution in [1.82, 2.24) is 0 Å². The third-order valence-corrected chi connectivity index (χ3v) is 1.47. The minimum atomic E-state index is -0.429. The Hall–Kier alpha value is -1.78. The van der Waals surface area contributed by atoms with Crippen molar-refractivity contribution >= 4 is 11.4 Å². The average molecular weight is 167 g/mol. The third kappa shape index (κ3) is 1.85. The largest absolute Gasteiger partial charge is 0.399 e. The maximum atomic E-state index is 10.1. The van der Waals surface area contributed by atoms with Crippen LogP contribution < -0.4 is 11.5 Å². The quantitative estimate of drug-likeness (QED) is 0.383. The Morgan fingerprint density at radius 2 is 2.08 bits per heavy atom. The summed E-state index contributed by atoms with van der Waals surface area (Å²) in [6, 6.07) is 4.67. The molecule has 0 saturated carbocycles. The molecule has 0 atom stereocenters. The topological polar surface area (TPSA) is 95.2 Å². The lowest BCUT2D eigenvalue weighted by atomic mass is 10.1. The molecule has 0 aliphatic rings. The molecule has 0 aromatic heterocycles. The highest BCUT2D eigenvalue weighted by Gasteiger charge is 2.05. The lowest BCUT2D eigenvalue weighted by molar-refractivity contribution is -0.496. The smallest absolute Gasteiger partial charge is 0.230 e. The van der Waals surface area contributed by atoms with E-state index in [2.05, 4.69) is 0 Å². The fourth-order valence-corrected chi connectivity index (χ4v) is 0.896. The summed E-state index contributed by atoms with van der Waals surface area (Å²) in [4.78, 5) is 9.70. The molecule has 0 bridgehead atoms. The van der Waals surface area contributed by atoms with Gasteiger partial charge in [0.25, 0.3) is 0 Å². The molecule has 0 aliphatic heterocycles. The summed E-state index contributed by atoms with van der Waals surface area (Å²) in [6.07, 6.45) is 0. The number of hydrogen-bond donors (Lipinski definition) is 2. The molecule has 0 amide bonds. The molecule has 4 N–H and O–H groups in total. The summed E-state index contributed by atoms with van der Waals surface area (Å²) in [7, 11) is 0. The van der Waals surface area contributed by atoms with Gasteiger partial charge < -0.3 is 11.5 Å². The van der Waals surface area contributed by atoms with Crippen molar-refractivity contribution < 1.29 is 4.92 Å². The zero-order chi connectivity index (χ0) is 9.14. The molecule has 0 radical (unpaired) electrons. The molecule has 0 aliphatic carbocycles. The van der Waals surface area contributed by atoms with Gasteiger partial charge in [-0.25, -0.2) is 0 Å². The monoisotopic (exact) mass is 167 g/mol. The maximum absolute atomic E-state index is 10.1. The van der Waals surface area contributed by atoms with Crippen LogP contribution in [-0.4, -0.2) is 4.92 Å². The van der Waals surface area contributed by atoms with Gasteiger partial charge in [0, 0.05) is 21.9 Å². The van der Waals surface area contributed by atoms with Crippen molar-refractivity contribution in [1.29, 1.82) is 0 Å². The molecule has 64 valence electrons. The number of benzene rings is 1. The number of hydrogen-bond acceptors (Lipinski definition) is 4. The van der Waals surface area contributed by atoms with E-state index in [1.165, 1.54) is 6.07 Å². The summed E-state index contributed by atoms with van der Waals surface area (Å²) in [5.74, 6) is 0. The molecule has 5 nitrogen and oxygen atoms in total. The minimum absolute atomic E-state index is 0.258. The van der Waals surface area contributed by atoms with Crippen LogP contribution in [0.2, 0.25) is 0 Å². The van der Waals surface area contributed by atoms with E-state index in [1.807, 2.05) is 0 Å². The normalized spacial score (nSPS) is 9.67. The minimum Gasteiger partial charge on any atom is -0.399 e. The summed E-state index contributed by atoms with van der Waals surface area (Å²) in [6.45, 7) is -0.258. The van der Waals surface area contributed by atoms with Gasteiger partial charge in [-0.3, -0.25) is 10.1 Å². The zero-order valence-electron chi connectivity index (χ0n) is 6.36. The standard InChI is InChI=1S/C7H9N3O2/c8-6-2-1-5(4-10(11)12)7(9)3-6/h1-3H,4,8-9H2. The van der Waals surface area contributed by atoms with E-state index >= 15 is 0 Å². The Balaban J connectivity index is 2.93. The van der Waals surface area contributed by atoms with E-state index in [4.69, 9.17) is 11.5 Å². The van der Waals surface area contributed by atoms with Gasteiger partial charge in [0.15, 0.2) is 0 Å². The molecular formula is C7H9N3O2. The predicted octanol–water partition coefficient (Wildman–Crippen LogP) is 0.628. The molecule has 0 heterocycles. The van der Waals surface area contributed by atoms with E-state index in [0.717, 1.165) is 0 Å². The zero-order valence-corrected chi connectivity index (χ0v) is 6.36. The molecule has 0 fully saturated rings. The number of nitrogen functional groups attached to an aromatic ring is 2. The van der Waals surface area contributed by atoms with Crippen molar-refractivity contribution in [2.45, 2.75) is 6.54 Å². The molecule has 1 aromatic rings. The van der Waals surface area contributed by atoms with Gasteiger partial charge in [0.2, 0.25) is 6.54 Å². The second-order valence-electron chi connectivity index (χ2n) is 2.45. The van der Waals surface area contributed by atoms with Crippen LogP contribution in [0.15, 0.2) is 18.2 Å². The first-order valence-corrected chi connectivity index (χ1v) is 3.35. The number of nitro groups is 1. The lowest BCUT2D eigenvalue weighted by Gasteiger charge is -2.01. The summed E-state index contributed by atoms with van der Waals surface area (Å²) in [5, 5.41) is 10.1. The van der Waals surface area contributed by atoms with Gasteiger partial charge in [-0.05, 0) is 18.2 Å². The Labute approximate surface area is 69.1 Å². The van der Waals surface area contributed by atoms with Crippen molar-refractivity contribution in [2.75, 3.05) is 11.5 Å². The average Bonchev–Trinajstić information content (AvgIpc) is 1.94. The number of nitrogens with two attached hydrogens (primary N) is 2. The van der Waals surface area contributed by atoms with Gasteiger partial charge in [0.05, 0.1) is 0 Å². The van der Waals surface area contributed by atoms with E-state index < -0.39 is 4.92 Å². The van der Waals surface area contributed by atoms with Crippen LogP contribution in [-0.2, 0) is 6.54 Å². The highest BCUT2D eigenvalue weighted by Crippen LogP contribution is 2.15. The number of rotatable bonds is 2. The van der Waals surface area contributed by atoms with Crippen LogP contribution in [0.5, 0.6) is 0 Å². The Morgan fingerprint density at radius 1 is 1.42 bits per heavy atom. The maximum Gasteiger partial charge on any atom is 0.230 e. The van der Waals surface area contributed by atoms with Crippen molar-refractivity contribution in [3.8, 4) is 0 Å². The van der Waals surface area contributed by atoms with Gasteiger partial charge in [0.1, 0.15) is 0 Å². The molecule has 0 unspecified atom stereocenters. The molecule has 1 aromatic carbocycles. The SMILES string of the molecule is Nc1ccc(C[N+](=O)[O-])c(N)c1. The van der Waals surface area contributed by atoms with Crippen LogP contribution in [0.3, 0.4) is 0 Å². The molecule has 0 saturated heterocycles. The van der Waals surface area contributed by atoms with Crippen LogP contribution >= 0.6 is 0 Å². The van der Waals surface area contributed by atoms with E-state index in [1.54, 1.807) is 12.1 Å². The molecule has 0 spiro atoms. The second-order valence-corrected chi connectivity index (χ2v) is 2.45. The highest BCUT2D eigenvalue weighted by atomic mass is 16.6. The van der Waals surface area contributed by atoms with Gasteiger partial charge in [-0.1, -0.05) is 0 Å². The predicted molar refractivity (Wildman–Crippen MR) is 46.0 cm³/mol. The summed E-state index contributed by atoms with van der Waals surface area (Å²) in [5.41, 5.74) is 12.3. The van der Waals surface area contributed by atoms with E-state index in [9.17, 15) is 10.1 Å². The number of anilines is 2. The van der Waals surface area contributed by atoms with Crippen molar-refractivity contribution in [3.63, 3.8) is 0 Å². The van der Waals surface area contributed by atoms with Crippen LogP contribution in [0.25, 0.3) is 0 Å². The Kier molecular flexibility index (Phi) is 2.14.